The SMILES string of the molecule is CO/C=C/C[C@]1(NC(=O)OCc2ccccc2)CCN(C(=O)N(C)[C@H](C)c2cc(C(F)(F)F)cc(C(F)(F)F)c2)[C@@H](c2ccc(F)cc2C)C1. The van der Waals surface area contributed by atoms with E-state index in [0.29, 0.717) is 23.3 Å². The van der Waals surface area contributed by atoms with Crippen LogP contribution in [0.1, 0.15) is 71.7 Å². The molecule has 3 aromatic carbocycles. The van der Waals surface area contributed by atoms with E-state index in [9.17, 15) is 40.3 Å². The van der Waals surface area contributed by atoms with Crippen LogP contribution in [-0.2, 0) is 28.4 Å². The number of alkyl halides is 6. The predicted molar refractivity (Wildman–Crippen MR) is 171 cm³/mol. The zero-order valence-corrected chi connectivity index (χ0v) is 27.9. The summed E-state index contributed by atoms with van der Waals surface area (Å²) in [6, 6.07) is 11.6. The van der Waals surface area contributed by atoms with Crippen LogP contribution in [0.15, 0.2) is 79.1 Å². The molecule has 0 unspecified atom stereocenters. The van der Waals surface area contributed by atoms with E-state index < -0.39 is 59.0 Å². The summed E-state index contributed by atoms with van der Waals surface area (Å²) in [5, 5.41) is 2.96. The van der Waals surface area contributed by atoms with Crippen molar-refractivity contribution in [2.75, 3.05) is 20.7 Å². The molecular weight excluding hydrogens is 671 g/mol. The molecule has 14 heteroatoms. The van der Waals surface area contributed by atoms with Gasteiger partial charge in [-0.25, -0.2) is 14.0 Å². The van der Waals surface area contributed by atoms with Crippen molar-refractivity contribution in [3.63, 3.8) is 0 Å². The molecule has 1 N–H and O–H groups in total. The summed E-state index contributed by atoms with van der Waals surface area (Å²) in [6.07, 6.45) is -7.17. The number of carbonyl (C=O) groups excluding carboxylic acids is 2. The maximum atomic E-state index is 14.2. The van der Waals surface area contributed by atoms with E-state index in [4.69, 9.17) is 9.47 Å². The molecule has 0 spiro atoms. The molecule has 1 heterocycles. The van der Waals surface area contributed by atoms with Gasteiger partial charge >= 0.3 is 24.5 Å². The van der Waals surface area contributed by atoms with Crippen LogP contribution in [0, 0.1) is 12.7 Å². The Bertz CT molecular complexity index is 1650. The predicted octanol–water partition coefficient (Wildman–Crippen LogP) is 9.34. The standard InChI is InChI=1S/C36H38F7N3O4/c1-23-17-29(37)11-12-30(23)31-21-34(13-8-16-49-4,44-32(47)50-22-25-9-6-5-7-10-25)14-15-46(31)33(48)45(3)24(2)26-18-27(35(38,39)40)20-28(19-26)36(41,42)43/h5-12,16-20,24,31H,13-15,21-22H2,1-4H3,(H,44,47)/b16-8+/t24-,31-,34+/m1/s1. The summed E-state index contributed by atoms with van der Waals surface area (Å²) in [4.78, 5) is 29.8. The van der Waals surface area contributed by atoms with Gasteiger partial charge in [0.15, 0.2) is 0 Å². The van der Waals surface area contributed by atoms with Gasteiger partial charge in [-0.1, -0.05) is 36.4 Å². The molecule has 3 atom stereocenters. The Morgan fingerprint density at radius 3 is 2.24 bits per heavy atom. The number of aryl methyl sites for hydroxylation is 1. The number of ether oxygens (including phenoxy) is 2. The van der Waals surface area contributed by atoms with Gasteiger partial charge in [-0.05, 0) is 91.8 Å². The number of hydrogen-bond donors (Lipinski definition) is 1. The van der Waals surface area contributed by atoms with Crippen LogP contribution >= 0.6 is 0 Å². The Hall–Kier alpha value is -4.75. The van der Waals surface area contributed by atoms with Crippen LogP contribution in [0.25, 0.3) is 0 Å². The van der Waals surface area contributed by atoms with Crippen molar-refractivity contribution in [2.45, 2.75) is 69.7 Å². The number of nitrogens with one attached hydrogen (secondary N) is 1. The summed E-state index contributed by atoms with van der Waals surface area (Å²) < 4.78 is 107. The number of carbonyl (C=O) groups is 2. The van der Waals surface area contributed by atoms with Gasteiger partial charge in [-0.15, -0.1) is 0 Å². The third-order valence-electron chi connectivity index (χ3n) is 8.92. The molecule has 0 radical (unpaired) electrons. The van der Waals surface area contributed by atoms with Crippen molar-refractivity contribution in [3.8, 4) is 0 Å². The highest BCUT2D eigenvalue weighted by Crippen LogP contribution is 2.42. The average molecular weight is 710 g/mol. The molecule has 3 amide bonds. The van der Waals surface area contributed by atoms with Gasteiger partial charge in [0.25, 0.3) is 0 Å². The van der Waals surface area contributed by atoms with Crippen LogP contribution in [0.3, 0.4) is 0 Å². The number of halogens is 7. The minimum Gasteiger partial charge on any atom is -0.505 e. The minimum atomic E-state index is -5.06. The van der Waals surface area contributed by atoms with E-state index in [2.05, 4.69) is 5.32 Å². The fraction of sp³-hybridized carbons (Fsp3) is 0.389. The van der Waals surface area contributed by atoms with Gasteiger partial charge in [0, 0.05) is 13.6 Å². The van der Waals surface area contributed by atoms with Crippen LogP contribution in [-0.4, -0.2) is 48.2 Å². The first kappa shape index (κ1) is 38.1. The number of nitrogens with zero attached hydrogens (tertiary/aromatic N) is 2. The fourth-order valence-corrected chi connectivity index (χ4v) is 6.10. The summed E-state index contributed by atoms with van der Waals surface area (Å²) >= 11 is 0. The number of urea groups is 1. The van der Waals surface area contributed by atoms with Gasteiger partial charge < -0.3 is 24.6 Å². The second-order valence-electron chi connectivity index (χ2n) is 12.4. The molecule has 3 aromatic rings. The number of amides is 3. The van der Waals surface area contributed by atoms with Crippen LogP contribution in [0.2, 0.25) is 0 Å². The van der Waals surface area contributed by atoms with Crippen molar-refractivity contribution in [2.24, 2.45) is 0 Å². The zero-order chi connectivity index (χ0) is 36.9. The third-order valence-corrected chi connectivity index (χ3v) is 8.92. The summed E-state index contributed by atoms with van der Waals surface area (Å²) in [5.41, 5.74) is -2.56. The fourth-order valence-electron chi connectivity index (χ4n) is 6.10. The topological polar surface area (TPSA) is 71.1 Å². The Balaban J connectivity index is 1.68. The number of rotatable bonds is 9. The highest BCUT2D eigenvalue weighted by Gasteiger charge is 2.45. The maximum Gasteiger partial charge on any atom is 0.416 e. The lowest BCUT2D eigenvalue weighted by molar-refractivity contribution is -0.143. The molecule has 1 aliphatic rings. The quantitative estimate of drug-likeness (QED) is 0.178. The Morgan fingerprint density at radius 1 is 1.02 bits per heavy atom. The normalized spacial score (nSPS) is 18.9. The molecule has 1 saturated heterocycles. The number of piperidine rings is 1. The molecule has 0 aliphatic carbocycles. The first-order valence-corrected chi connectivity index (χ1v) is 15.7. The Kier molecular flexibility index (Phi) is 11.7. The lowest BCUT2D eigenvalue weighted by atomic mass is 9.77. The van der Waals surface area contributed by atoms with Gasteiger partial charge in [0.1, 0.15) is 12.4 Å². The largest absolute Gasteiger partial charge is 0.505 e. The second kappa shape index (κ2) is 15.4. The van der Waals surface area contributed by atoms with Gasteiger partial charge in [0.2, 0.25) is 0 Å². The van der Waals surface area contributed by atoms with E-state index in [0.717, 1.165) is 10.5 Å². The molecule has 0 aromatic heterocycles. The highest BCUT2D eigenvalue weighted by atomic mass is 19.4. The summed E-state index contributed by atoms with van der Waals surface area (Å²) in [7, 11) is 2.74. The van der Waals surface area contributed by atoms with E-state index in [-0.39, 0.29) is 44.0 Å². The number of hydrogen-bond acceptors (Lipinski definition) is 4. The average Bonchev–Trinajstić information content (AvgIpc) is 3.06. The Morgan fingerprint density at radius 2 is 1.66 bits per heavy atom. The Labute approximate surface area is 285 Å². The molecule has 0 saturated carbocycles. The molecule has 1 aliphatic heterocycles. The first-order valence-electron chi connectivity index (χ1n) is 15.7. The lowest BCUT2D eigenvalue weighted by Gasteiger charge is -2.48. The molecule has 1 fully saturated rings. The van der Waals surface area contributed by atoms with E-state index in [1.165, 1.54) is 50.4 Å². The van der Waals surface area contributed by atoms with Crippen LogP contribution in [0.5, 0.6) is 0 Å². The monoisotopic (exact) mass is 709 g/mol. The van der Waals surface area contributed by atoms with E-state index in [1.54, 1.807) is 37.3 Å². The van der Waals surface area contributed by atoms with E-state index in [1.807, 2.05) is 6.07 Å². The van der Waals surface area contributed by atoms with Crippen molar-refractivity contribution in [1.82, 2.24) is 15.1 Å². The zero-order valence-electron chi connectivity index (χ0n) is 27.9. The number of methoxy groups -OCH3 is 1. The van der Waals surface area contributed by atoms with Crippen LogP contribution in [0.4, 0.5) is 40.3 Å². The van der Waals surface area contributed by atoms with E-state index >= 15 is 0 Å². The molecule has 0 bridgehead atoms. The highest BCUT2D eigenvalue weighted by molar-refractivity contribution is 5.76. The van der Waals surface area contributed by atoms with Gasteiger partial charge in [-0.3, -0.25) is 0 Å². The summed E-state index contributed by atoms with van der Waals surface area (Å²) in [5.74, 6) is -0.521. The molecular formula is C36H38F7N3O4. The molecule has 50 heavy (non-hydrogen) atoms. The molecule has 270 valence electrons. The van der Waals surface area contributed by atoms with Crippen molar-refractivity contribution < 1.29 is 49.8 Å². The third kappa shape index (κ3) is 9.27. The number of likely N-dealkylation sites (tertiary alicyclic amines) is 1. The van der Waals surface area contributed by atoms with Gasteiger partial charge in [-0.2, -0.15) is 26.3 Å². The van der Waals surface area contributed by atoms with Crippen molar-refractivity contribution in [3.05, 3.63) is 118 Å². The van der Waals surface area contributed by atoms with Crippen molar-refractivity contribution >= 4 is 12.1 Å². The minimum absolute atomic E-state index is 0.00392. The molecule has 7 nitrogen and oxygen atoms in total. The number of alkyl carbamates (subject to hydrolysis) is 1. The summed E-state index contributed by atoms with van der Waals surface area (Å²) in [6.45, 7) is 2.99. The number of benzene rings is 3. The maximum absolute atomic E-state index is 14.2. The lowest BCUT2D eigenvalue weighted by Crippen LogP contribution is -2.58. The smallest absolute Gasteiger partial charge is 0.416 e. The first-order chi connectivity index (χ1) is 23.4. The molecule has 4 rings (SSSR count). The van der Waals surface area contributed by atoms with Crippen molar-refractivity contribution in [1.29, 1.82) is 0 Å². The van der Waals surface area contributed by atoms with Gasteiger partial charge in [0.05, 0.1) is 42.1 Å². The second-order valence-corrected chi connectivity index (χ2v) is 12.4. The van der Waals surface area contributed by atoms with Crippen LogP contribution < -0.4 is 5.32 Å².